The van der Waals surface area contributed by atoms with Crippen LogP contribution in [-0.4, -0.2) is 32.2 Å². The number of rotatable bonds is 8. The molecule has 1 atom stereocenters. The number of hydrogen-bond acceptors (Lipinski definition) is 5. The first-order valence-electron chi connectivity index (χ1n) is 6.97. The third-order valence-corrected chi connectivity index (χ3v) is 4.77. The van der Waals surface area contributed by atoms with E-state index in [4.69, 9.17) is 4.74 Å². The van der Waals surface area contributed by atoms with Crippen molar-refractivity contribution in [1.29, 1.82) is 0 Å². The van der Waals surface area contributed by atoms with Crippen molar-refractivity contribution in [3.63, 3.8) is 0 Å². The van der Waals surface area contributed by atoms with Crippen LogP contribution in [0.1, 0.15) is 38.5 Å². The molecule has 1 aromatic heterocycles. The van der Waals surface area contributed by atoms with Crippen LogP contribution in [-0.2, 0) is 6.54 Å². The standard InChI is InChI=1S/C14H27N3OS/c1-7-11(8-2)10(3)15-9-12-13(18-6)16-14(19-12)17(4)5/h10-11,15H,7-9H2,1-6H3. The smallest absolute Gasteiger partial charge is 0.230 e. The molecule has 0 aromatic carbocycles. The van der Waals surface area contributed by atoms with Crippen molar-refractivity contribution in [2.45, 2.75) is 46.2 Å². The Labute approximate surface area is 121 Å². The van der Waals surface area contributed by atoms with Crippen LogP contribution in [0.2, 0.25) is 0 Å². The molecular formula is C14H27N3OS. The Kier molecular flexibility index (Phi) is 6.58. The van der Waals surface area contributed by atoms with Crippen molar-refractivity contribution >= 4 is 16.5 Å². The van der Waals surface area contributed by atoms with E-state index in [-0.39, 0.29) is 0 Å². The first kappa shape index (κ1) is 16.2. The minimum Gasteiger partial charge on any atom is -0.480 e. The first-order chi connectivity index (χ1) is 9.03. The lowest BCUT2D eigenvalue weighted by atomic mass is 9.95. The molecule has 110 valence electrons. The predicted molar refractivity (Wildman–Crippen MR) is 83.4 cm³/mol. The highest BCUT2D eigenvalue weighted by molar-refractivity contribution is 7.15. The summed E-state index contributed by atoms with van der Waals surface area (Å²) in [5, 5.41) is 4.59. The molecule has 0 aliphatic heterocycles. The molecule has 1 aromatic rings. The van der Waals surface area contributed by atoms with E-state index in [1.807, 2.05) is 19.0 Å². The highest BCUT2D eigenvalue weighted by Crippen LogP contribution is 2.30. The van der Waals surface area contributed by atoms with E-state index < -0.39 is 0 Å². The Bertz CT molecular complexity index is 375. The number of anilines is 1. The van der Waals surface area contributed by atoms with Gasteiger partial charge >= 0.3 is 0 Å². The van der Waals surface area contributed by atoms with Crippen molar-refractivity contribution < 1.29 is 4.74 Å². The summed E-state index contributed by atoms with van der Waals surface area (Å²) in [6.07, 6.45) is 2.43. The van der Waals surface area contributed by atoms with Gasteiger partial charge in [-0.3, -0.25) is 0 Å². The van der Waals surface area contributed by atoms with Gasteiger partial charge in [0.25, 0.3) is 0 Å². The summed E-state index contributed by atoms with van der Waals surface area (Å²) in [6.45, 7) is 7.60. The quantitative estimate of drug-likeness (QED) is 0.796. The lowest BCUT2D eigenvalue weighted by Crippen LogP contribution is -2.32. The maximum atomic E-state index is 5.35. The predicted octanol–water partition coefficient (Wildman–Crippen LogP) is 3.13. The van der Waals surface area contributed by atoms with Crippen LogP contribution in [0, 0.1) is 5.92 Å². The van der Waals surface area contributed by atoms with Crippen LogP contribution < -0.4 is 15.0 Å². The first-order valence-corrected chi connectivity index (χ1v) is 7.79. The molecule has 0 saturated heterocycles. The van der Waals surface area contributed by atoms with E-state index >= 15 is 0 Å². The Morgan fingerprint density at radius 1 is 1.32 bits per heavy atom. The monoisotopic (exact) mass is 285 g/mol. The van der Waals surface area contributed by atoms with Gasteiger partial charge in [-0.2, -0.15) is 4.98 Å². The van der Waals surface area contributed by atoms with Gasteiger partial charge in [-0.15, -0.1) is 0 Å². The van der Waals surface area contributed by atoms with E-state index in [2.05, 4.69) is 31.1 Å². The molecule has 0 fully saturated rings. The Morgan fingerprint density at radius 2 is 1.95 bits per heavy atom. The van der Waals surface area contributed by atoms with Crippen LogP contribution in [0.5, 0.6) is 5.88 Å². The van der Waals surface area contributed by atoms with E-state index in [1.54, 1.807) is 18.4 Å². The van der Waals surface area contributed by atoms with Gasteiger partial charge in [-0.1, -0.05) is 38.0 Å². The van der Waals surface area contributed by atoms with Crippen LogP contribution >= 0.6 is 11.3 Å². The average Bonchev–Trinajstić information content (AvgIpc) is 2.81. The van der Waals surface area contributed by atoms with Gasteiger partial charge in [0.1, 0.15) is 0 Å². The second-order valence-corrected chi connectivity index (χ2v) is 6.13. The van der Waals surface area contributed by atoms with Gasteiger partial charge in [-0.05, 0) is 12.8 Å². The van der Waals surface area contributed by atoms with E-state index in [9.17, 15) is 0 Å². The maximum Gasteiger partial charge on any atom is 0.230 e. The van der Waals surface area contributed by atoms with E-state index in [1.165, 1.54) is 17.7 Å². The maximum absolute atomic E-state index is 5.35. The number of nitrogens with zero attached hydrogens (tertiary/aromatic N) is 2. The molecule has 0 saturated carbocycles. The zero-order valence-corrected chi connectivity index (χ0v) is 13.8. The molecule has 5 heteroatoms. The summed E-state index contributed by atoms with van der Waals surface area (Å²) in [4.78, 5) is 7.66. The number of aromatic nitrogens is 1. The lowest BCUT2D eigenvalue weighted by molar-refractivity contribution is 0.348. The number of ether oxygens (including phenoxy) is 1. The second-order valence-electron chi connectivity index (χ2n) is 5.07. The van der Waals surface area contributed by atoms with Crippen LogP contribution in [0.25, 0.3) is 0 Å². The lowest BCUT2D eigenvalue weighted by Gasteiger charge is -2.22. The number of methoxy groups -OCH3 is 1. The molecule has 0 amide bonds. The molecule has 0 bridgehead atoms. The summed E-state index contributed by atoms with van der Waals surface area (Å²) >= 11 is 1.69. The highest BCUT2D eigenvalue weighted by atomic mass is 32.1. The zero-order chi connectivity index (χ0) is 14.4. The summed E-state index contributed by atoms with van der Waals surface area (Å²) in [5.41, 5.74) is 0. The highest BCUT2D eigenvalue weighted by Gasteiger charge is 2.16. The van der Waals surface area contributed by atoms with Crippen molar-refractivity contribution in [3.8, 4) is 5.88 Å². The molecule has 1 heterocycles. The van der Waals surface area contributed by atoms with Crippen molar-refractivity contribution in [3.05, 3.63) is 4.88 Å². The van der Waals surface area contributed by atoms with Crippen LogP contribution in [0.15, 0.2) is 0 Å². The Morgan fingerprint density at radius 3 is 2.42 bits per heavy atom. The number of nitrogens with one attached hydrogen (secondary N) is 1. The molecule has 0 aliphatic rings. The number of thiazole rings is 1. The number of hydrogen-bond donors (Lipinski definition) is 1. The van der Waals surface area contributed by atoms with Gasteiger partial charge in [0.2, 0.25) is 5.88 Å². The largest absolute Gasteiger partial charge is 0.480 e. The average molecular weight is 285 g/mol. The molecule has 1 unspecified atom stereocenters. The second kappa shape index (κ2) is 7.70. The Hall–Kier alpha value is -0.810. The summed E-state index contributed by atoms with van der Waals surface area (Å²) in [7, 11) is 5.69. The fraction of sp³-hybridized carbons (Fsp3) is 0.786. The normalized spacial score (nSPS) is 12.8. The fourth-order valence-electron chi connectivity index (χ4n) is 2.20. The third-order valence-electron chi connectivity index (χ3n) is 3.57. The molecule has 0 radical (unpaired) electrons. The minimum absolute atomic E-state index is 0.518. The SMILES string of the molecule is CCC(CC)C(C)NCc1sc(N(C)C)nc1OC. The van der Waals surface area contributed by atoms with E-state index in [0.717, 1.165) is 23.5 Å². The van der Waals surface area contributed by atoms with Gasteiger partial charge in [-0.25, -0.2) is 0 Å². The molecule has 1 rings (SSSR count). The van der Waals surface area contributed by atoms with Crippen molar-refractivity contribution in [1.82, 2.24) is 10.3 Å². The van der Waals surface area contributed by atoms with Gasteiger partial charge in [0.05, 0.1) is 12.0 Å². The van der Waals surface area contributed by atoms with Crippen LogP contribution in [0.3, 0.4) is 0 Å². The summed E-state index contributed by atoms with van der Waals surface area (Å²) < 4.78 is 5.35. The molecular weight excluding hydrogens is 258 g/mol. The Balaban J connectivity index is 2.66. The molecule has 0 aliphatic carbocycles. The van der Waals surface area contributed by atoms with Crippen molar-refractivity contribution in [2.24, 2.45) is 5.92 Å². The van der Waals surface area contributed by atoms with Crippen molar-refractivity contribution in [2.75, 3.05) is 26.1 Å². The molecule has 0 spiro atoms. The summed E-state index contributed by atoms with van der Waals surface area (Å²) in [6, 6.07) is 0.518. The fourth-order valence-corrected chi connectivity index (χ4v) is 3.11. The van der Waals surface area contributed by atoms with E-state index in [0.29, 0.717) is 6.04 Å². The summed E-state index contributed by atoms with van der Waals surface area (Å²) in [5.74, 6) is 1.48. The minimum atomic E-state index is 0.518. The molecule has 1 N–H and O–H groups in total. The zero-order valence-electron chi connectivity index (χ0n) is 13.0. The van der Waals surface area contributed by atoms with Gasteiger partial charge in [0.15, 0.2) is 5.13 Å². The van der Waals surface area contributed by atoms with Crippen LogP contribution in [0.4, 0.5) is 5.13 Å². The topological polar surface area (TPSA) is 37.4 Å². The van der Waals surface area contributed by atoms with Gasteiger partial charge < -0.3 is 15.0 Å². The van der Waals surface area contributed by atoms with Gasteiger partial charge in [0, 0.05) is 26.7 Å². The molecule has 19 heavy (non-hydrogen) atoms. The molecule has 4 nitrogen and oxygen atoms in total. The third kappa shape index (κ3) is 4.35.